The zero-order valence-corrected chi connectivity index (χ0v) is 9.26. The molecule has 2 rings (SSSR count). The minimum absolute atomic E-state index is 0.0665. The first-order chi connectivity index (χ1) is 6.71. The summed E-state index contributed by atoms with van der Waals surface area (Å²) in [5, 5.41) is 13.4. The number of hydrogen-bond donors (Lipinski definition) is 2. The Hall–Kier alpha value is -0.0800. The van der Waals surface area contributed by atoms with Crippen LogP contribution in [-0.2, 0) is 0 Å². The quantitative estimate of drug-likeness (QED) is 0.674. The van der Waals surface area contributed by atoms with Crippen LogP contribution in [0.1, 0.15) is 51.9 Å². The monoisotopic (exact) mass is 197 g/mol. The summed E-state index contributed by atoms with van der Waals surface area (Å²) in [6.07, 6.45) is 8.72. The maximum absolute atomic E-state index is 9.74. The lowest BCUT2D eigenvalue weighted by molar-refractivity contribution is 0.0452. The maximum Gasteiger partial charge on any atom is 0.0569 e. The summed E-state index contributed by atoms with van der Waals surface area (Å²) >= 11 is 0. The molecule has 1 heterocycles. The lowest BCUT2D eigenvalue weighted by Gasteiger charge is -2.45. The number of piperidine rings is 1. The van der Waals surface area contributed by atoms with Gasteiger partial charge < -0.3 is 10.4 Å². The van der Waals surface area contributed by atoms with Gasteiger partial charge in [0.2, 0.25) is 0 Å². The summed E-state index contributed by atoms with van der Waals surface area (Å²) in [5.74, 6) is 0.797. The molecule has 2 nitrogen and oxygen atoms in total. The van der Waals surface area contributed by atoms with Crippen LogP contribution in [-0.4, -0.2) is 23.3 Å². The Morgan fingerprint density at radius 1 is 1.14 bits per heavy atom. The van der Waals surface area contributed by atoms with E-state index < -0.39 is 0 Å². The molecule has 0 amide bonds. The fraction of sp³-hybridized carbons (Fsp3) is 1.00. The zero-order valence-electron chi connectivity index (χ0n) is 9.26. The number of hydrogen-bond acceptors (Lipinski definition) is 2. The van der Waals surface area contributed by atoms with E-state index in [-0.39, 0.29) is 11.6 Å². The number of aliphatic hydroxyl groups excluding tert-OH is 1. The molecule has 0 radical (unpaired) electrons. The average Bonchev–Trinajstić information content (AvgIpc) is 2.19. The number of aliphatic hydroxyl groups is 1. The van der Waals surface area contributed by atoms with Crippen LogP contribution in [0.5, 0.6) is 0 Å². The second-order valence-electron chi connectivity index (χ2n) is 5.33. The van der Waals surface area contributed by atoms with Crippen molar-refractivity contribution in [2.75, 3.05) is 6.54 Å². The molecule has 0 aromatic rings. The van der Waals surface area contributed by atoms with E-state index in [9.17, 15) is 5.11 Å². The van der Waals surface area contributed by atoms with Crippen molar-refractivity contribution in [1.82, 2.24) is 5.32 Å². The largest absolute Gasteiger partial charge is 0.393 e. The lowest BCUT2D eigenvalue weighted by Crippen LogP contribution is -2.55. The Balaban J connectivity index is 1.98. The minimum atomic E-state index is -0.0665. The minimum Gasteiger partial charge on any atom is -0.393 e. The van der Waals surface area contributed by atoms with Crippen LogP contribution in [0.15, 0.2) is 0 Å². The van der Waals surface area contributed by atoms with Gasteiger partial charge in [-0.05, 0) is 45.1 Å². The molecule has 0 spiro atoms. The van der Waals surface area contributed by atoms with Gasteiger partial charge in [0.1, 0.15) is 0 Å². The predicted molar refractivity (Wildman–Crippen MR) is 58.2 cm³/mol. The van der Waals surface area contributed by atoms with Gasteiger partial charge in [-0.1, -0.05) is 19.3 Å². The van der Waals surface area contributed by atoms with E-state index in [0.29, 0.717) is 0 Å². The van der Waals surface area contributed by atoms with Crippen LogP contribution in [0.3, 0.4) is 0 Å². The van der Waals surface area contributed by atoms with Crippen molar-refractivity contribution in [3.8, 4) is 0 Å². The third-order valence-electron chi connectivity index (χ3n) is 4.17. The van der Waals surface area contributed by atoms with Crippen LogP contribution in [0.4, 0.5) is 0 Å². The van der Waals surface area contributed by atoms with Crippen LogP contribution in [0, 0.1) is 5.92 Å². The zero-order chi connectivity index (χ0) is 10.0. The van der Waals surface area contributed by atoms with Gasteiger partial charge in [0.05, 0.1) is 6.10 Å². The van der Waals surface area contributed by atoms with Gasteiger partial charge in [0.25, 0.3) is 0 Å². The lowest BCUT2D eigenvalue weighted by atomic mass is 9.71. The molecule has 2 heteroatoms. The van der Waals surface area contributed by atoms with Crippen molar-refractivity contribution in [3.63, 3.8) is 0 Å². The maximum atomic E-state index is 9.74. The van der Waals surface area contributed by atoms with Gasteiger partial charge in [-0.3, -0.25) is 0 Å². The van der Waals surface area contributed by atoms with E-state index >= 15 is 0 Å². The Kier molecular flexibility index (Phi) is 3.13. The van der Waals surface area contributed by atoms with Crippen molar-refractivity contribution < 1.29 is 5.11 Å². The highest BCUT2D eigenvalue weighted by atomic mass is 16.3. The molecule has 0 bridgehead atoms. The molecule has 1 aliphatic carbocycles. The summed E-state index contributed by atoms with van der Waals surface area (Å²) in [6, 6.07) is 0. The molecular formula is C12H23NO. The Morgan fingerprint density at radius 3 is 2.50 bits per heavy atom. The van der Waals surface area contributed by atoms with Gasteiger partial charge in [-0.15, -0.1) is 0 Å². The Bertz CT molecular complexity index is 189. The number of rotatable bonds is 1. The summed E-state index contributed by atoms with van der Waals surface area (Å²) in [5.41, 5.74) is 0.220. The summed E-state index contributed by atoms with van der Waals surface area (Å²) < 4.78 is 0. The molecule has 2 fully saturated rings. The molecule has 82 valence electrons. The van der Waals surface area contributed by atoms with E-state index in [0.717, 1.165) is 25.3 Å². The molecule has 2 atom stereocenters. The fourth-order valence-electron chi connectivity index (χ4n) is 3.24. The first-order valence-corrected chi connectivity index (χ1v) is 6.14. The topological polar surface area (TPSA) is 32.3 Å². The third kappa shape index (κ3) is 2.12. The highest BCUT2D eigenvalue weighted by molar-refractivity contribution is 4.96. The van der Waals surface area contributed by atoms with Crippen molar-refractivity contribution in [1.29, 1.82) is 0 Å². The highest BCUT2D eigenvalue weighted by Gasteiger charge is 2.38. The highest BCUT2D eigenvalue weighted by Crippen LogP contribution is 2.36. The van der Waals surface area contributed by atoms with Crippen LogP contribution in [0.2, 0.25) is 0 Å². The van der Waals surface area contributed by atoms with Crippen molar-refractivity contribution in [2.45, 2.75) is 63.5 Å². The standard InChI is InChI=1S/C12H23NO/c1-12(9-11(14)7-8-13-12)10-5-3-2-4-6-10/h10-11,13-14H,2-9H2,1H3. The molecule has 0 aromatic heterocycles. The van der Waals surface area contributed by atoms with E-state index in [1.165, 1.54) is 32.1 Å². The van der Waals surface area contributed by atoms with E-state index in [1.807, 2.05) is 0 Å². The molecule has 1 saturated heterocycles. The summed E-state index contributed by atoms with van der Waals surface area (Å²) in [7, 11) is 0. The molecular weight excluding hydrogens is 174 g/mol. The van der Waals surface area contributed by atoms with Gasteiger partial charge in [0.15, 0.2) is 0 Å². The van der Waals surface area contributed by atoms with Gasteiger partial charge >= 0.3 is 0 Å². The molecule has 1 saturated carbocycles. The first kappa shape index (κ1) is 10.4. The SMILES string of the molecule is CC1(C2CCCCC2)CC(O)CCN1. The predicted octanol–water partition coefficient (Wildman–Crippen LogP) is 2.07. The number of nitrogens with one attached hydrogen (secondary N) is 1. The summed E-state index contributed by atoms with van der Waals surface area (Å²) in [4.78, 5) is 0. The molecule has 2 unspecified atom stereocenters. The van der Waals surface area contributed by atoms with Gasteiger partial charge in [-0.2, -0.15) is 0 Å². The van der Waals surface area contributed by atoms with E-state index in [4.69, 9.17) is 0 Å². The second-order valence-corrected chi connectivity index (χ2v) is 5.33. The van der Waals surface area contributed by atoms with Crippen molar-refractivity contribution >= 4 is 0 Å². The molecule has 0 aromatic carbocycles. The second kappa shape index (κ2) is 4.19. The van der Waals surface area contributed by atoms with Crippen LogP contribution >= 0.6 is 0 Å². The summed E-state index contributed by atoms with van der Waals surface area (Å²) in [6.45, 7) is 3.31. The van der Waals surface area contributed by atoms with Crippen LogP contribution in [0.25, 0.3) is 0 Å². The Morgan fingerprint density at radius 2 is 1.86 bits per heavy atom. The third-order valence-corrected chi connectivity index (χ3v) is 4.17. The molecule has 14 heavy (non-hydrogen) atoms. The van der Waals surface area contributed by atoms with Gasteiger partial charge in [0, 0.05) is 5.54 Å². The molecule has 2 aliphatic rings. The molecule has 2 N–H and O–H groups in total. The van der Waals surface area contributed by atoms with E-state index in [2.05, 4.69) is 12.2 Å². The van der Waals surface area contributed by atoms with Crippen molar-refractivity contribution in [2.24, 2.45) is 5.92 Å². The Labute approximate surface area is 87.1 Å². The molecule has 1 aliphatic heterocycles. The smallest absolute Gasteiger partial charge is 0.0569 e. The van der Waals surface area contributed by atoms with Crippen LogP contribution < -0.4 is 5.32 Å². The van der Waals surface area contributed by atoms with Crippen molar-refractivity contribution in [3.05, 3.63) is 0 Å². The average molecular weight is 197 g/mol. The van der Waals surface area contributed by atoms with E-state index in [1.54, 1.807) is 0 Å². The van der Waals surface area contributed by atoms with Gasteiger partial charge in [-0.25, -0.2) is 0 Å². The fourth-order valence-corrected chi connectivity index (χ4v) is 3.24. The normalized spacial score (nSPS) is 41.1. The first-order valence-electron chi connectivity index (χ1n) is 6.14.